The van der Waals surface area contributed by atoms with E-state index in [2.05, 4.69) is 4.99 Å². The molecule has 2 aromatic rings. The number of halogens is 3. The van der Waals surface area contributed by atoms with Crippen LogP contribution in [0.5, 0.6) is 11.5 Å². The number of Topliss-reactive ketones (excluding diaryl/α,β-unsaturated/α-hetero) is 1. The summed E-state index contributed by atoms with van der Waals surface area (Å²) in [5.41, 5.74) is 0.497. The van der Waals surface area contributed by atoms with Crippen LogP contribution in [0.1, 0.15) is 38.3 Å². The second-order valence-electron chi connectivity index (χ2n) is 9.28. The first-order valence-electron chi connectivity index (χ1n) is 10.8. The van der Waals surface area contributed by atoms with Gasteiger partial charge >= 0.3 is 12.1 Å². The number of hydrogen-bond acceptors (Lipinski definition) is 5. The van der Waals surface area contributed by atoms with Crippen molar-refractivity contribution in [2.24, 2.45) is 16.3 Å². The van der Waals surface area contributed by atoms with E-state index in [1.807, 2.05) is 13.8 Å². The summed E-state index contributed by atoms with van der Waals surface area (Å²) >= 11 is 0. The average Bonchev–Trinajstić information content (AvgIpc) is 2.90. The molecular formula is C25H25F3N2O4. The summed E-state index contributed by atoms with van der Waals surface area (Å²) in [5, 5.41) is 0. The zero-order chi connectivity index (χ0) is 24.8. The number of fused-ring (bicyclic) bond motifs is 2. The van der Waals surface area contributed by atoms with E-state index in [1.54, 1.807) is 24.3 Å². The summed E-state index contributed by atoms with van der Waals surface area (Å²) in [6.07, 6.45) is -4.62. The third-order valence-electron chi connectivity index (χ3n) is 6.24. The Morgan fingerprint density at radius 3 is 2.44 bits per heavy atom. The normalized spacial score (nSPS) is 21.7. The van der Waals surface area contributed by atoms with Crippen molar-refractivity contribution >= 4 is 28.8 Å². The molecular weight excluding hydrogens is 449 g/mol. The number of methoxy groups -OCH3 is 2. The van der Waals surface area contributed by atoms with E-state index in [1.165, 1.54) is 32.4 Å². The van der Waals surface area contributed by atoms with Crippen molar-refractivity contribution in [3.8, 4) is 11.5 Å². The number of rotatable bonds is 3. The Labute approximate surface area is 195 Å². The van der Waals surface area contributed by atoms with E-state index < -0.39 is 29.5 Å². The van der Waals surface area contributed by atoms with Gasteiger partial charge in [0.2, 0.25) is 0 Å². The lowest BCUT2D eigenvalue weighted by Gasteiger charge is -2.41. The van der Waals surface area contributed by atoms with Crippen molar-refractivity contribution in [1.82, 2.24) is 0 Å². The maximum absolute atomic E-state index is 13.9. The summed E-state index contributed by atoms with van der Waals surface area (Å²) < 4.78 is 52.5. The van der Waals surface area contributed by atoms with Crippen LogP contribution in [0, 0.1) is 11.3 Å². The van der Waals surface area contributed by atoms with Gasteiger partial charge in [-0.1, -0.05) is 26.0 Å². The molecule has 0 N–H and O–H groups in total. The molecule has 6 nitrogen and oxygen atoms in total. The van der Waals surface area contributed by atoms with Crippen LogP contribution in [0.2, 0.25) is 0 Å². The number of anilines is 1. The molecule has 0 aromatic heterocycles. The second kappa shape index (κ2) is 8.45. The van der Waals surface area contributed by atoms with Crippen molar-refractivity contribution < 1.29 is 32.2 Å². The lowest BCUT2D eigenvalue weighted by atomic mass is 9.68. The van der Waals surface area contributed by atoms with Crippen LogP contribution in [0.4, 0.5) is 24.5 Å². The minimum atomic E-state index is -5.17. The zero-order valence-electron chi connectivity index (χ0n) is 19.3. The second-order valence-corrected chi connectivity index (χ2v) is 9.28. The smallest absolute Gasteiger partial charge is 0.471 e. The van der Waals surface area contributed by atoms with Crippen LogP contribution >= 0.6 is 0 Å². The van der Waals surface area contributed by atoms with Crippen LogP contribution in [-0.2, 0) is 9.59 Å². The topological polar surface area (TPSA) is 68.2 Å². The molecule has 1 amide bonds. The molecule has 2 unspecified atom stereocenters. The maximum atomic E-state index is 13.9. The predicted molar refractivity (Wildman–Crippen MR) is 121 cm³/mol. The maximum Gasteiger partial charge on any atom is 0.471 e. The number of aliphatic imine (C=N–C) groups is 1. The van der Waals surface area contributed by atoms with Crippen LogP contribution in [0.3, 0.4) is 0 Å². The number of benzene rings is 2. The van der Waals surface area contributed by atoms with Crippen molar-refractivity contribution in [2.45, 2.75) is 38.9 Å². The highest BCUT2D eigenvalue weighted by atomic mass is 19.4. The van der Waals surface area contributed by atoms with Crippen LogP contribution in [-0.4, -0.2) is 37.8 Å². The third kappa shape index (κ3) is 4.15. The zero-order valence-corrected chi connectivity index (χ0v) is 19.3. The fourth-order valence-corrected chi connectivity index (χ4v) is 4.87. The fourth-order valence-electron chi connectivity index (χ4n) is 4.87. The van der Waals surface area contributed by atoms with Crippen molar-refractivity contribution in [3.05, 3.63) is 48.0 Å². The van der Waals surface area contributed by atoms with Gasteiger partial charge in [-0.15, -0.1) is 0 Å². The summed E-state index contributed by atoms with van der Waals surface area (Å²) in [5.74, 6) is -2.77. The lowest BCUT2D eigenvalue weighted by molar-refractivity contribution is -0.171. The van der Waals surface area contributed by atoms with Gasteiger partial charge in [0.05, 0.1) is 37.6 Å². The van der Waals surface area contributed by atoms with Gasteiger partial charge in [0.1, 0.15) is 17.3 Å². The molecule has 2 aromatic carbocycles. The Morgan fingerprint density at radius 2 is 1.79 bits per heavy atom. The van der Waals surface area contributed by atoms with E-state index in [4.69, 9.17) is 9.47 Å². The molecule has 1 saturated carbocycles. The van der Waals surface area contributed by atoms with Gasteiger partial charge in [-0.25, -0.2) is 0 Å². The van der Waals surface area contributed by atoms with Gasteiger partial charge in [-0.2, -0.15) is 13.2 Å². The van der Waals surface area contributed by atoms with Crippen LogP contribution in [0.15, 0.2) is 47.5 Å². The molecule has 9 heteroatoms. The van der Waals surface area contributed by atoms with Crippen molar-refractivity contribution in [1.29, 1.82) is 0 Å². The third-order valence-corrected chi connectivity index (χ3v) is 6.24. The number of carbonyl (C=O) groups is 2. The Bertz CT molecular complexity index is 1170. The average molecular weight is 474 g/mol. The first-order valence-corrected chi connectivity index (χ1v) is 10.8. The Kier molecular flexibility index (Phi) is 5.91. The van der Waals surface area contributed by atoms with Crippen molar-refractivity contribution in [3.63, 3.8) is 0 Å². The Morgan fingerprint density at radius 1 is 1.09 bits per heavy atom. The summed E-state index contributed by atoms with van der Waals surface area (Å²) in [7, 11) is 2.83. The van der Waals surface area contributed by atoms with Crippen LogP contribution in [0.25, 0.3) is 0 Å². The molecule has 0 saturated heterocycles. The molecule has 0 bridgehead atoms. The Hall–Kier alpha value is -3.36. The highest BCUT2D eigenvalue weighted by Gasteiger charge is 2.53. The molecule has 1 aliphatic heterocycles. The summed E-state index contributed by atoms with van der Waals surface area (Å²) in [6, 6.07) is 9.47. The van der Waals surface area contributed by atoms with Gasteiger partial charge in [-0.3, -0.25) is 19.5 Å². The first-order chi connectivity index (χ1) is 16.0. The quantitative estimate of drug-likeness (QED) is 0.595. The van der Waals surface area contributed by atoms with E-state index in [9.17, 15) is 22.8 Å². The number of ketones is 1. The molecule has 1 aliphatic carbocycles. The monoisotopic (exact) mass is 474 g/mol. The number of nitrogens with zero attached hydrogens (tertiary/aromatic N) is 2. The number of carbonyl (C=O) groups excluding carboxylic acids is 2. The summed E-state index contributed by atoms with van der Waals surface area (Å²) in [4.78, 5) is 31.7. The van der Waals surface area contributed by atoms with E-state index in [-0.39, 0.29) is 34.9 Å². The number of ether oxygens (including phenoxy) is 2. The van der Waals surface area contributed by atoms with Gasteiger partial charge in [0.15, 0.2) is 0 Å². The largest absolute Gasteiger partial charge is 0.497 e. The van der Waals surface area contributed by atoms with Crippen LogP contribution < -0.4 is 14.4 Å². The Balaban J connectivity index is 2.04. The van der Waals surface area contributed by atoms with E-state index in [0.29, 0.717) is 22.8 Å². The van der Waals surface area contributed by atoms with E-state index in [0.717, 1.165) is 0 Å². The lowest BCUT2D eigenvalue weighted by Crippen LogP contribution is -2.50. The van der Waals surface area contributed by atoms with E-state index >= 15 is 0 Å². The predicted octanol–water partition coefficient (Wildman–Crippen LogP) is 5.43. The number of hydrogen-bond donors (Lipinski definition) is 0. The molecule has 4 rings (SSSR count). The summed E-state index contributed by atoms with van der Waals surface area (Å²) in [6.45, 7) is 3.84. The van der Waals surface area contributed by atoms with Gasteiger partial charge < -0.3 is 9.47 Å². The molecule has 0 spiro atoms. The first kappa shape index (κ1) is 23.8. The molecule has 1 fully saturated rings. The number of alkyl halides is 3. The highest BCUT2D eigenvalue weighted by Crippen LogP contribution is 2.50. The number of amides is 1. The molecule has 34 heavy (non-hydrogen) atoms. The van der Waals surface area contributed by atoms with Gasteiger partial charge in [0.25, 0.3) is 0 Å². The molecule has 1 heterocycles. The SMILES string of the molecule is COc1ccc(C2C3C(=O)CC(C)(C)CC3=Nc3ccccc3N2C(=O)C(F)(F)F)c(OC)c1. The molecule has 180 valence electrons. The minimum absolute atomic E-state index is 0.0137. The highest BCUT2D eigenvalue weighted by molar-refractivity contribution is 6.13. The van der Waals surface area contributed by atoms with Gasteiger partial charge in [0, 0.05) is 23.8 Å². The number of para-hydroxylation sites is 2. The van der Waals surface area contributed by atoms with Crippen molar-refractivity contribution in [2.75, 3.05) is 19.1 Å². The molecule has 2 atom stereocenters. The van der Waals surface area contributed by atoms with Gasteiger partial charge in [-0.05, 0) is 36.1 Å². The minimum Gasteiger partial charge on any atom is -0.497 e. The molecule has 2 aliphatic rings. The molecule has 0 radical (unpaired) electrons. The standard InChI is InChI=1S/C25H25F3N2O4/c1-24(2)12-17-21(19(31)13-24)22(15-10-9-14(33-3)11-20(15)34-4)30(23(32)25(26,27)28)18-8-6-5-7-16(18)29-17/h5-11,21-22H,12-13H2,1-4H3. The fraction of sp³-hybridized carbons (Fsp3) is 0.400.